The van der Waals surface area contributed by atoms with Gasteiger partial charge >= 0.3 is 0 Å². The average molecular weight is 363 g/mol. The number of nitrogens with one attached hydrogen (secondary N) is 1. The number of halogens is 1. The van der Waals surface area contributed by atoms with Crippen LogP contribution in [-0.4, -0.2) is 46.8 Å². The van der Waals surface area contributed by atoms with Crippen LogP contribution in [-0.2, 0) is 6.54 Å². The second-order valence-corrected chi connectivity index (χ2v) is 7.10. The first kappa shape index (κ1) is 14.4. The van der Waals surface area contributed by atoms with Gasteiger partial charge in [-0.3, -0.25) is 15.1 Å². The van der Waals surface area contributed by atoms with E-state index in [2.05, 4.69) is 55.4 Å². The summed E-state index contributed by atoms with van der Waals surface area (Å²) in [7, 11) is 0. The highest BCUT2D eigenvalue weighted by Gasteiger charge is 2.56. The molecule has 6 heteroatoms. The van der Waals surface area contributed by atoms with Gasteiger partial charge in [0.1, 0.15) is 0 Å². The summed E-state index contributed by atoms with van der Waals surface area (Å²) in [4.78, 5) is 6.58. The molecule has 0 bridgehead atoms. The van der Waals surface area contributed by atoms with Crippen molar-refractivity contribution in [1.82, 2.24) is 15.3 Å². The smallest absolute Gasteiger partial charge is 0.201 e. The zero-order valence-corrected chi connectivity index (χ0v) is 13.7. The van der Waals surface area contributed by atoms with Gasteiger partial charge in [-0.1, -0.05) is 28.1 Å². The summed E-state index contributed by atoms with van der Waals surface area (Å²) in [6.07, 6.45) is 4.91. The Hall–Kier alpha value is -1.21. The Balaban J connectivity index is 1.27. The molecule has 2 fully saturated rings. The van der Waals surface area contributed by atoms with Crippen molar-refractivity contribution in [2.45, 2.75) is 18.9 Å². The Labute approximate surface area is 138 Å². The molecular formula is C16H19BrN4O. The highest BCUT2D eigenvalue weighted by atomic mass is 79.9. The molecule has 0 amide bonds. The van der Waals surface area contributed by atoms with Crippen LogP contribution in [0.25, 0.3) is 0 Å². The van der Waals surface area contributed by atoms with Gasteiger partial charge < -0.3 is 5.32 Å². The summed E-state index contributed by atoms with van der Waals surface area (Å²) in [5, 5.41) is 14.7. The third-order valence-corrected chi connectivity index (χ3v) is 5.31. The van der Waals surface area contributed by atoms with E-state index < -0.39 is 0 Å². The van der Waals surface area contributed by atoms with Crippen LogP contribution in [0.1, 0.15) is 5.56 Å². The quantitative estimate of drug-likeness (QED) is 0.860. The number of fused-ring (bicyclic) bond motifs is 1. The Morgan fingerprint density at radius 3 is 2.64 bits per heavy atom. The number of nitrogens with zero attached hydrogens (tertiary/aromatic N) is 3. The van der Waals surface area contributed by atoms with E-state index in [0.29, 0.717) is 17.9 Å². The molecule has 2 heterocycles. The molecule has 1 aromatic rings. The van der Waals surface area contributed by atoms with Crippen molar-refractivity contribution >= 4 is 22.1 Å². The standard InChI is InChI=1S/C16H19BrN4O/c17-12-4-2-11(3-5-12)8-19-15-13-9-20(10-14(13)15)16-18-6-1-7-21(16)22/h1-7,13-16,19,22H,8-10H2. The zero-order valence-electron chi connectivity index (χ0n) is 12.1. The molecule has 0 aromatic heterocycles. The number of aliphatic imine (C=N–C) groups is 1. The molecule has 1 aliphatic carbocycles. The fourth-order valence-corrected chi connectivity index (χ4v) is 3.81. The molecular weight excluding hydrogens is 344 g/mol. The topological polar surface area (TPSA) is 51.1 Å². The van der Waals surface area contributed by atoms with Crippen LogP contribution in [0.3, 0.4) is 0 Å². The van der Waals surface area contributed by atoms with Crippen molar-refractivity contribution in [3.63, 3.8) is 0 Å². The molecule has 3 aliphatic rings. The molecule has 0 radical (unpaired) electrons. The maximum atomic E-state index is 9.84. The van der Waals surface area contributed by atoms with Gasteiger partial charge in [-0.15, -0.1) is 0 Å². The summed E-state index contributed by atoms with van der Waals surface area (Å²) in [6.45, 7) is 2.91. The fourth-order valence-electron chi connectivity index (χ4n) is 3.55. The Morgan fingerprint density at radius 1 is 1.23 bits per heavy atom. The van der Waals surface area contributed by atoms with E-state index >= 15 is 0 Å². The molecule has 4 rings (SSSR count). The fraction of sp³-hybridized carbons (Fsp3) is 0.438. The van der Waals surface area contributed by atoms with Crippen molar-refractivity contribution in [3.8, 4) is 0 Å². The van der Waals surface area contributed by atoms with Gasteiger partial charge in [0.15, 0.2) is 0 Å². The van der Waals surface area contributed by atoms with E-state index in [1.165, 1.54) is 10.6 Å². The molecule has 0 spiro atoms. The lowest BCUT2D eigenvalue weighted by Crippen LogP contribution is -2.45. The highest BCUT2D eigenvalue weighted by Crippen LogP contribution is 2.46. The molecule has 1 aromatic carbocycles. The Kier molecular flexibility index (Phi) is 3.78. The molecule has 2 N–H and O–H groups in total. The van der Waals surface area contributed by atoms with Gasteiger partial charge in [0, 0.05) is 42.6 Å². The van der Waals surface area contributed by atoms with E-state index in [0.717, 1.165) is 24.1 Å². The average Bonchev–Trinajstić information content (AvgIpc) is 2.98. The zero-order chi connectivity index (χ0) is 15.1. The van der Waals surface area contributed by atoms with Crippen LogP contribution in [0.2, 0.25) is 0 Å². The predicted octanol–water partition coefficient (Wildman–Crippen LogP) is 2.04. The summed E-state index contributed by atoms with van der Waals surface area (Å²) in [6, 6.07) is 9.06. The van der Waals surface area contributed by atoms with Crippen LogP contribution >= 0.6 is 15.9 Å². The van der Waals surface area contributed by atoms with E-state index in [1.807, 2.05) is 0 Å². The lowest BCUT2D eigenvalue weighted by molar-refractivity contribution is -0.127. The molecule has 1 saturated carbocycles. The van der Waals surface area contributed by atoms with E-state index in [9.17, 15) is 5.21 Å². The number of benzene rings is 1. The van der Waals surface area contributed by atoms with Crippen LogP contribution in [0.5, 0.6) is 0 Å². The summed E-state index contributed by atoms with van der Waals surface area (Å²) < 4.78 is 1.12. The normalized spacial score (nSPS) is 33.3. The second kappa shape index (κ2) is 5.77. The SMILES string of the molecule is ON1C=CC=NC1N1CC2C(C1)C2NCc1ccc(Br)cc1. The number of hydrogen-bond donors (Lipinski definition) is 2. The van der Waals surface area contributed by atoms with Crippen LogP contribution in [0, 0.1) is 11.8 Å². The minimum Gasteiger partial charge on any atom is -0.309 e. The summed E-state index contributed by atoms with van der Waals surface area (Å²) >= 11 is 3.46. The minimum absolute atomic E-state index is 0.245. The van der Waals surface area contributed by atoms with E-state index in [-0.39, 0.29) is 6.29 Å². The molecule has 5 nitrogen and oxygen atoms in total. The number of rotatable bonds is 4. The van der Waals surface area contributed by atoms with Crippen molar-refractivity contribution in [2.24, 2.45) is 16.8 Å². The summed E-state index contributed by atoms with van der Waals surface area (Å²) in [5.74, 6) is 1.37. The van der Waals surface area contributed by atoms with E-state index in [4.69, 9.17) is 0 Å². The maximum absolute atomic E-state index is 9.84. The Morgan fingerprint density at radius 2 is 1.95 bits per heavy atom. The maximum Gasteiger partial charge on any atom is 0.201 e. The first-order chi connectivity index (χ1) is 10.7. The number of allylic oxidation sites excluding steroid dienone is 1. The number of likely N-dealkylation sites (tertiary alicyclic amines) is 1. The molecule has 2 aliphatic heterocycles. The van der Waals surface area contributed by atoms with Gasteiger partial charge in [0.05, 0.1) is 0 Å². The largest absolute Gasteiger partial charge is 0.309 e. The van der Waals surface area contributed by atoms with Crippen molar-refractivity contribution in [2.75, 3.05) is 13.1 Å². The highest BCUT2D eigenvalue weighted by molar-refractivity contribution is 9.10. The first-order valence-electron chi connectivity index (χ1n) is 7.61. The molecule has 3 atom stereocenters. The lowest BCUT2D eigenvalue weighted by atomic mass is 10.2. The molecule has 3 unspecified atom stereocenters. The lowest BCUT2D eigenvalue weighted by Gasteiger charge is -2.32. The van der Waals surface area contributed by atoms with Gasteiger partial charge in [0.25, 0.3) is 0 Å². The molecule has 22 heavy (non-hydrogen) atoms. The van der Waals surface area contributed by atoms with Crippen molar-refractivity contribution in [3.05, 3.63) is 46.6 Å². The molecule has 116 valence electrons. The first-order valence-corrected chi connectivity index (χ1v) is 8.41. The van der Waals surface area contributed by atoms with Crippen molar-refractivity contribution < 1.29 is 5.21 Å². The number of piperidine rings is 1. The third-order valence-electron chi connectivity index (χ3n) is 4.78. The number of hydroxylamine groups is 2. The van der Waals surface area contributed by atoms with Gasteiger partial charge in [0.2, 0.25) is 6.29 Å². The van der Waals surface area contributed by atoms with Crippen LogP contribution in [0.15, 0.2) is 46.0 Å². The minimum atomic E-state index is -0.245. The monoisotopic (exact) mass is 362 g/mol. The van der Waals surface area contributed by atoms with E-state index in [1.54, 1.807) is 18.5 Å². The molecule has 1 saturated heterocycles. The number of hydrogen-bond acceptors (Lipinski definition) is 5. The van der Waals surface area contributed by atoms with Gasteiger partial charge in [-0.2, -0.15) is 0 Å². The van der Waals surface area contributed by atoms with Crippen molar-refractivity contribution in [1.29, 1.82) is 0 Å². The third kappa shape index (κ3) is 2.72. The van der Waals surface area contributed by atoms with Crippen LogP contribution in [0.4, 0.5) is 0 Å². The van der Waals surface area contributed by atoms with Gasteiger partial charge in [-0.25, -0.2) is 5.06 Å². The Bertz CT molecular complexity index is 591. The van der Waals surface area contributed by atoms with Gasteiger partial charge in [-0.05, 0) is 35.6 Å². The predicted molar refractivity (Wildman–Crippen MR) is 88.4 cm³/mol. The van der Waals surface area contributed by atoms with Crippen LogP contribution < -0.4 is 5.32 Å². The second-order valence-electron chi connectivity index (χ2n) is 6.18. The summed E-state index contributed by atoms with van der Waals surface area (Å²) in [5.41, 5.74) is 1.31.